The van der Waals surface area contributed by atoms with Crippen LogP contribution in [-0.2, 0) is 21.1 Å². The van der Waals surface area contributed by atoms with Crippen LogP contribution in [0.3, 0.4) is 0 Å². The van der Waals surface area contributed by atoms with E-state index >= 15 is 0 Å². The summed E-state index contributed by atoms with van der Waals surface area (Å²) in [5.41, 5.74) is -0.686. The third-order valence-electron chi connectivity index (χ3n) is 4.83. The zero-order valence-corrected chi connectivity index (χ0v) is 18.9. The Balaban J connectivity index is 2.16. The lowest BCUT2D eigenvalue weighted by Gasteiger charge is -2.28. The van der Waals surface area contributed by atoms with Crippen molar-refractivity contribution in [3.63, 3.8) is 0 Å². The Morgan fingerprint density at radius 2 is 1.91 bits per heavy atom. The lowest BCUT2D eigenvalue weighted by molar-refractivity contribution is -0.140. The molecule has 0 bridgehead atoms. The first kappa shape index (κ1) is 23.9. The van der Waals surface area contributed by atoms with Crippen molar-refractivity contribution < 1.29 is 31.9 Å². The number of ether oxygens (including phenoxy) is 1. The molecule has 0 atom stereocenters. The maximum Gasteiger partial charge on any atom is 0.443 e. The number of carbonyl (C=O) groups excluding carboxylic acids is 2. The van der Waals surface area contributed by atoms with Gasteiger partial charge in [0.15, 0.2) is 5.01 Å². The highest BCUT2D eigenvalue weighted by atomic mass is 32.1. The average Bonchev–Trinajstić information content (AvgIpc) is 3.08. The second-order valence-corrected chi connectivity index (χ2v) is 9.47. The van der Waals surface area contributed by atoms with Gasteiger partial charge in [0.25, 0.3) is 5.91 Å². The van der Waals surface area contributed by atoms with E-state index in [1.807, 2.05) is 0 Å². The molecule has 1 aliphatic heterocycles. The zero-order valence-electron chi connectivity index (χ0n) is 18.1. The molecular formula is C22H22F4N2O3S. The van der Waals surface area contributed by atoms with Gasteiger partial charge in [0.1, 0.15) is 5.82 Å². The van der Waals surface area contributed by atoms with Crippen molar-refractivity contribution in [2.75, 3.05) is 6.54 Å². The van der Waals surface area contributed by atoms with E-state index in [4.69, 9.17) is 4.74 Å². The van der Waals surface area contributed by atoms with Gasteiger partial charge in [-0.2, -0.15) is 13.2 Å². The highest BCUT2D eigenvalue weighted by molar-refractivity contribution is 7.13. The first-order valence-electron chi connectivity index (χ1n) is 9.79. The van der Waals surface area contributed by atoms with Crippen molar-refractivity contribution in [3.8, 4) is 0 Å². The molecule has 0 saturated heterocycles. The van der Waals surface area contributed by atoms with Gasteiger partial charge in [-0.25, -0.2) is 14.2 Å². The van der Waals surface area contributed by atoms with E-state index in [1.54, 1.807) is 27.7 Å². The molecule has 0 spiro atoms. The lowest BCUT2D eigenvalue weighted by atomic mass is 9.87. The number of hydrogen-bond acceptors (Lipinski definition) is 5. The van der Waals surface area contributed by atoms with Crippen LogP contribution in [0.2, 0.25) is 0 Å². The van der Waals surface area contributed by atoms with Crippen LogP contribution >= 0.6 is 11.3 Å². The van der Waals surface area contributed by atoms with Gasteiger partial charge in [-0.3, -0.25) is 4.79 Å². The van der Waals surface area contributed by atoms with Crippen LogP contribution in [0, 0.1) is 12.7 Å². The monoisotopic (exact) mass is 470 g/mol. The molecule has 172 valence electrons. The zero-order chi connectivity index (χ0) is 24.0. The molecule has 10 heteroatoms. The number of benzene rings is 1. The van der Waals surface area contributed by atoms with Crippen LogP contribution in [0.5, 0.6) is 0 Å². The molecule has 0 N–H and O–H groups in total. The quantitative estimate of drug-likeness (QED) is 0.449. The van der Waals surface area contributed by atoms with Crippen LogP contribution in [0.15, 0.2) is 24.4 Å². The molecule has 1 aromatic heterocycles. The molecule has 0 saturated carbocycles. The molecule has 1 aromatic carbocycles. The van der Waals surface area contributed by atoms with Crippen molar-refractivity contribution in [3.05, 3.63) is 56.9 Å². The minimum atomic E-state index is -4.68. The molecule has 0 unspecified atom stereocenters. The minimum Gasteiger partial charge on any atom is -0.459 e. The van der Waals surface area contributed by atoms with Crippen molar-refractivity contribution in [1.29, 1.82) is 0 Å². The standard InChI is InChI=1S/C22H22F4N2O3S/c1-11(2)31-19(30)14-9-28(18(29)13-6-7-15(23)12(3)8-13)10-21(4,5)17-16(14)32-20(27-17)22(24,25)26/h6-9,11H,10H2,1-5H3. The Hall–Kier alpha value is -2.75. The van der Waals surface area contributed by atoms with Crippen LogP contribution in [0.1, 0.15) is 59.2 Å². The number of hydrogen-bond donors (Lipinski definition) is 0. The molecular weight excluding hydrogens is 448 g/mol. The molecule has 0 aliphatic carbocycles. The minimum absolute atomic E-state index is 0.0126. The largest absolute Gasteiger partial charge is 0.459 e. The summed E-state index contributed by atoms with van der Waals surface area (Å²) in [6, 6.07) is 3.86. The average molecular weight is 470 g/mol. The summed E-state index contributed by atoms with van der Waals surface area (Å²) in [5.74, 6) is -1.85. The molecule has 0 fully saturated rings. The first-order chi connectivity index (χ1) is 14.7. The van der Waals surface area contributed by atoms with E-state index < -0.39 is 40.4 Å². The number of rotatable bonds is 3. The molecule has 5 nitrogen and oxygen atoms in total. The highest BCUT2D eigenvalue weighted by Crippen LogP contribution is 2.43. The molecule has 3 rings (SSSR count). The number of alkyl halides is 3. The molecule has 2 heterocycles. The van der Waals surface area contributed by atoms with Crippen molar-refractivity contribution in [2.24, 2.45) is 0 Å². The third kappa shape index (κ3) is 4.69. The second-order valence-electron chi connectivity index (χ2n) is 8.47. The SMILES string of the molecule is Cc1cc(C(=O)N2C=C(C(=O)OC(C)C)c3sc(C(F)(F)F)nc3C(C)(C)C2)ccc1F. The van der Waals surface area contributed by atoms with Gasteiger partial charge in [0, 0.05) is 23.7 Å². The fourth-order valence-electron chi connectivity index (χ4n) is 3.34. The van der Waals surface area contributed by atoms with Gasteiger partial charge in [-0.1, -0.05) is 13.8 Å². The normalized spacial score (nSPS) is 15.8. The number of fused-ring (bicyclic) bond motifs is 1. The van der Waals surface area contributed by atoms with Crippen LogP contribution in [0.4, 0.5) is 17.6 Å². The topological polar surface area (TPSA) is 59.5 Å². The Morgan fingerprint density at radius 3 is 2.47 bits per heavy atom. The van der Waals surface area contributed by atoms with Gasteiger partial charge in [-0.15, -0.1) is 11.3 Å². The van der Waals surface area contributed by atoms with Crippen LogP contribution in [0.25, 0.3) is 5.57 Å². The first-order valence-corrected chi connectivity index (χ1v) is 10.6. The number of amides is 1. The second kappa shape index (κ2) is 8.31. The van der Waals surface area contributed by atoms with E-state index in [1.165, 1.54) is 30.2 Å². The number of aromatic nitrogens is 1. The maximum atomic E-state index is 13.7. The van der Waals surface area contributed by atoms with Crippen molar-refractivity contribution in [1.82, 2.24) is 9.88 Å². The predicted molar refractivity (Wildman–Crippen MR) is 112 cm³/mol. The number of nitrogens with zero attached hydrogens (tertiary/aromatic N) is 2. The van der Waals surface area contributed by atoms with Gasteiger partial charge in [0.05, 0.1) is 22.2 Å². The van der Waals surface area contributed by atoms with E-state index in [-0.39, 0.29) is 33.8 Å². The van der Waals surface area contributed by atoms with Gasteiger partial charge in [-0.05, 0) is 44.5 Å². The Kier molecular flexibility index (Phi) is 6.21. The highest BCUT2D eigenvalue weighted by Gasteiger charge is 2.43. The number of carbonyl (C=O) groups is 2. The molecule has 1 aliphatic rings. The van der Waals surface area contributed by atoms with Gasteiger partial charge < -0.3 is 9.64 Å². The third-order valence-corrected chi connectivity index (χ3v) is 5.97. The molecule has 2 aromatic rings. The van der Waals surface area contributed by atoms with Crippen molar-refractivity contribution >= 4 is 28.8 Å². The van der Waals surface area contributed by atoms with Gasteiger partial charge in [0.2, 0.25) is 0 Å². The van der Waals surface area contributed by atoms with Crippen LogP contribution < -0.4 is 0 Å². The maximum absolute atomic E-state index is 13.7. The molecule has 1 amide bonds. The summed E-state index contributed by atoms with van der Waals surface area (Å²) in [6.45, 7) is 7.98. The Labute approximate surface area is 186 Å². The van der Waals surface area contributed by atoms with E-state index in [0.29, 0.717) is 11.3 Å². The fraction of sp³-hybridized carbons (Fsp3) is 0.409. The number of halogens is 4. The number of thiazole rings is 1. The molecule has 0 radical (unpaired) electrons. The summed E-state index contributed by atoms with van der Waals surface area (Å²) >= 11 is 0.343. The van der Waals surface area contributed by atoms with E-state index in [2.05, 4.69) is 4.98 Å². The van der Waals surface area contributed by atoms with Crippen molar-refractivity contribution in [2.45, 2.75) is 52.3 Å². The number of aryl methyl sites for hydroxylation is 1. The summed E-state index contributed by atoms with van der Waals surface area (Å²) in [6.07, 6.45) is -4.00. The summed E-state index contributed by atoms with van der Waals surface area (Å²) in [5, 5.41) is -1.08. The predicted octanol–water partition coefficient (Wildman–Crippen LogP) is 5.34. The summed E-state index contributed by atoms with van der Waals surface area (Å²) < 4.78 is 59.0. The summed E-state index contributed by atoms with van der Waals surface area (Å²) in [7, 11) is 0. The fourth-order valence-corrected chi connectivity index (χ4v) is 4.45. The van der Waals surface area contributed by atoms with Gasteiger partial charge >= 0.3 is 12.1 Å². The lowest BCUT2D eigenvalue weighted by Crippen LogP contribution is -2.37. The molecule has 32 heavy (non-hydrogen) atoms. The summed E-state index contributed by atoms with van der Waals surface area (Å²) in [4.78, 5) is 31.1. The van der Waals surface area contributed by atoms with Crippen LogP contribution in [-0.4, -0.2) is 34.4 Å². The Morgan fingerprint density at radius 1 is 1.25 bits per heavy atom. The smallest absolute Gasteiger partial charge is 0.443 e. The number of esters is 1. The Bertz CT molecular complexity index is 1100. The van der Waals surface area contributed by atoms with E-state index in [9.17, 15) is 27.2 Å². The van der Waals surface area contributed by atoms with E-state index in [0.717, 1.165) is 6.07 Å².